The molecule has 0 bridgehead atoms. The van der Waals surface area contributed by atoms with E-state index in [1.165, 1.54) is 0 Å². The van der Waals surface area contributed by atoms with Gasteiger partial charge in [0.1, 0.15) is 0 Å². The fraction of sp³-hybridized carbons (Fsp3) is 0.235. The molecule has 4 nitrogen and oxygen atoms in total. The van der Waals surface area contributed by atoms with Crippen molar-refractivity contribution in [2.24, 2.45) is 0 Å². The van der Waals surface area contributed by atoms with E-state index in [0.29, 0.717) is 23.6 Å². The Bertz CT molecular complexity index is 596. The average Bonchev–Trinajstić information content (AvgIpc) is 2.55. The van der Waals surface area contributed by atoms with Crippen molar-refractivity contribution in [1.29, 1.82) is 0 Å². The Kier molecular flexibility index (Phi) is 5.21. The summed E-state index contributed by atoms with van der Waals surface area (Å²) in [6.07, 6.45) is 0.735. The van der Waals surface area contributed by atoms with Gasteiger partial charge in [-0.2, -0.15) is 0 Å². The van der Waals surface area contributed by atoms with Crippen molar-refractivity contribution in [3.05, 3.63) is 59.7 Å². The molecule has 0 aliphatic carbocycles. The third kappa shape index (κ3) is 3.99. The largest absolute Gasteiger partial charge is 0.493 e. The molecular weight excluding hydrogens is 266 g/mol. The smallest absolute Gasteiger partial charge is 0.251 e. The minimum atomic E-state index is -0.0592. The first-order valence-corrected chi connectivity index (χ1v) is 6.78. The van der Waals surface area contributed by atoms with Gasteiger partial charge in [-0.3, -0.25) is 4.79 Å². The molecule has 1 N–H and O–H groups in total. The maximum absolute atomic E-state index is 11.9. The van der Waals surface area contributed by atoms with Crippen LogP contribution in [-0.4, -0.2) is 26.7 Å². The topological polar surface area (TPSA) is 47.6 Å². The van der Waals surface area contributed by atoms with Gasteiger partial charge in [-0.1, -0.05) is 24.3 Å². The molecule has 0 aromatic heterocycles. The lowest BCUT2D eigenvalue weighted by Gasteiger charge is -2.10. The fourth-order valence-electron chi connectivity index (χ4n) is 2.05. The first-order valence-electron chi connectivity index (χ1n) is 6.78. The number of carbonyl (C=O) groups is 1. The van der Waals surface area contributed by atoms with Gasteiger partial charge in [-0.05, 0) is 36.2 Å². The molecule has 0 aliphatic heterocycles. The molecule has 2 aromatic rings. The van der Waals surface area contributed by atoms with Crippen LogP contribution in [0.1, 0.15) is 15.9 Å². The second-order valence-corrected chi connectivity index (χ2v) is 4.56. The van der Waals surface area contributed by atoms with E-state index >= 15 is 0 Å². The number of methoxy groups -OCH3 is 2. The van der Waals surface area contributed by atoms with Crippen LogP contribution >= 0.6 is 0 Å². The minimum absolute atomic E-state index is 0.0592. The molecule has 2 rings (SSSR count). The lowest BCUT2D eigenvalue weighted by molar-refractivity contribution is 0.0954. The lowest BCUT2D eigenvalue weighted by atomic mass is 10.1. The van der Waals surface area contributed by atoms with Crippen LogP contribution in [0.5, 0.6) is 11.5 Å². The molecule has 21 heavy (non-hydrogen) atoms. The van der Waals surface area contributed by atoms with Gasteiger partial charge in [0.15, 0.2) is 11.5 Å². The molecule has 0 saturated heterocycles. The Morgan fingerprint density at radius 1 is 1.00 bits per heavy atom. The molecule has 0 spiro atoms. The molecule has 4 heteroatoms. The predicted octanol–water partition coefficient (Wildman–Crippen LogP) is 2.68. The zero-order valence-corrected chi connectivity index (χ0v) is 12.3. The highest BCUT2D eigenvalue weighted by atomic mass is 16.5. The molecule has 110 valence electrons. The van der Waals surface area contributed by atoms with E-state index in [0.717, 1.165) is 12.0 Å². The Balaban J connectivity index is 1.90. The van der Waals surface area contributed by atoms with E-state index < -0.39 is 0 Å². The zero-order valence-electron chi connectivity index (χ0n) is 12.3. The van der Waals surface area contributed by atoms with Crippen molar-refractivity contribution >= 4 is 5.91 Å². The van der Waals surface area contributed by atoms with Crippen LogP contribution in [0.4, 0.5) is 0 Å². The van der Waals surface area contributed by atoms with Gasteiger partial charge >= 0.3 is 0 Å². The van der Waals surface area contributed by atoms with E-state index in [1.54, 1.807) is 26.4 Å². The number of nitrogens with one attached hydrogen (secondary N) is 1. The van der Waals surface area contributed by atoms with Gasteiger partial charge in [0, 0.05) is 12.1 Å². The molecule has 0 radical (unpaired) electrons. The highest BCUT2D eigenvalue weighted by molar-refractivity contribution is 5.94. The van der Waals surface area contributed by atoms with Crippen LogP contribution in [0.2, 0.25) is 0 Å². The average molecular weight is 285 g/mol. The highest BCUT2D eigenvalue weighted by Crippen LogP contribution is 2.27. The molecule has 0 atom stereocenters. The summed E-state index contributed by atoms with van der Waals surface area (Å²) in [5.74, 6) is 1.34. The predicted molar refractivity (Wildman–Crippen MR) is 82.0 cm³/mol. The normalized spacial score (nSPS) is 10.0. The van der Waals surface area contributed by atoms with E-state index in [2.05, 4.69) is 5.32 Å². The Labute approximate surface area is 124 Å². The summed E-state index contributed by atoms with van der Waals surface area (Å²) in [5.41, 5.74) is 1.76. The number of benzene rings is 2. The van der Waals surface area contributed by atoms with Crippen molar-refractivity contribution in [1.82, 2.24) is 5.32 Å². The van der Waals surface area contributed by atoms with Crippen molar-refractivity contribution in [3.8, 4) is 11.5 Å². The summed E-state index contributed by atoms with van der Waals surface area (Å²) in [5, 5.41) is 2.90. The molecule has 0 saturated carbocycles. The fourth-order valence-corrected chi connectivity index (χ4v) is 2.05. The molecule has 0 aliphatic rings. The third-order valence-corrected chi connectivity index (χ3v) is 3.18. The molecular formula is C17H19NO3. The zero-order chi connectivity index (χ0) is 15.1. The van der Waals surface area contributed by atoms with Gasteiger partial charge in [0.05, 0.1) is 14.2 Å². The Morgan fingerprint density at radius 3 is 2.38 bits per heavy atom. The quantitative estimate of drug-likeness (QED) is 0.887. The van der Waals surface area contributed by atoms with Crippen molar-refractivity contribution in [2.45, 2.75) is 6.42 Å². The monoisotopic (exact) mass is 285 g/mol. The van der Waals surface area contributed by atoms with Gasteiger partial charge in [-0.15, -0.1) is 0 Å². The summed E-state index contributed by atoms with van der Waals surface area (Å²) in [4.78, 5) is 11.9. The van der Waals surface area contributed by atoms with E-state index in [-0.39, 0.29) is 5.91 Å². The molecule has 1 amide bonds. The van der Waals surface area contributed by atoms with Crippen molar-refractivity contribution in [3.63, 3.8) is 0 Å². The van der Waals surface area contributed by atoms with Crippen LogP contribution in [0.3, 0.4) is 0 Å². The van der Waals surface area contributed by atoms with Crippen LogP contribution in [-0.2, 0) is 6.42 Å². The standard InChI is InChI=1S/C17H19NO3/c1-20-15-9-8-13(12-16(15)21-2)10-11-18-17(19)14-6-4-3-5-7-14/h3-9,12H,10-11H2,1-2H3,(H,18,19). The summed E-state index contributed by atoms with van der Waals surface area (Å²) < 4.78 is 10.5. The summed E-state index contributed by atoms with van der Waals surface area (Å²) in [6.45, 7) is 0.573. The number of hydrogen-bond donors (Lipinski definition) is 1. The van der Waals surface area contributed by atoms with Gasteiger partial charge in [0.2, 0.25) is 0 Å². The second kappa shape index (κ2) is 7.33. The molecule has 0 unspecified atom stereocenters. The third-order valence-electron chi connectivity index (χ3n) is 3.18. The minimum Gasteiger partial charge on any atom is -0.493 e. The SMILES string of the molecule is COc1ccc(CCNC(=O)c2ccccc2)cc1OC. The van der Waals surface area contributed by atoms with Crippen molar-refractivity contribution < 1.29 is 14.3 Å². The summed E-state index contributed by atoms with van der Waals surface area (Å²) in [7, 11) is 3.22. The highest BCUT2D eigenvalue weighted by Gasteiger charge is 2.06. The van der Waals surface area contributed by atoms with E-state index in [4.69, 9.17) is 9.47 Å². The number of hydrogen-bond acceptors (Lipinski definition) is 3. The number of carbonyl (C=O) groups excluding carboxylic acids is 1. The van der Waals surface area contributed by atoms with Gasteiger partial charge in [0.25, 0.3) is 5.91 Å². The lowest BCUT2D eigenvalue weighted by Crippen LogP contribution is -2.25. The van der Waals surface area contributed by atoms with Crippen molar-refractivity contribution in [2.75, 3.05) is 20.8 Å². The summed E-state index contributed by atoms with van der Waals surface area (Å²) >= 11 is 0. The second-order valence-electron chi connectivity index (χ2n) is 4.56. The van der Waals surface area contributed by atoms with Crippen LogP contribution in [0, 0.1) is 0 Å². The summed E-state index contributed by atoms with van der Waals surface area (Å²) in [6, 6.07) is 14.9. The van der Waals surface area contributed by atoms with Gasteiger partial charge < -0.3 is 14.8 Å². The maximum Gasteiger partial charge on any atom is 0.251 e. The number of rotatable bonds is 6. The van der Waals surface area contributed by atoms with E-state index in [1.807, 2.05) is 36.4 Å². The van der Waals surface area contributed by atoms with Gasteiger partial charge in [-0.25, -0.2) is 0 Å². The molecule has 0 fully saturated rings. The van der Waals surface area contributed by atoms with Crippen LogP contribution in [0.25, 0.3) is 0 Å². The Morgan fingerprint density at radius 2 is 1.71 bits per heavy atom. The Hall–Kier alpha value is -2.49. The van der Waals surface area contributed by atoms with Crippen LogP contribution < -0.4 is 14.8 Å². The number of ether oxygens (including phenoxy) is 2. The number of amides is 1. The van der Waals surface area contributed by atoms with Crippen LogP contribution in [0.15, 0.2) is 48.5 Å². The molecule has 0 heterocycles. The molecule has 2 aromatic carbocycles. The maximum atomic E-state index is 11.9. The first kappa shape index (κ1) is 14.9. The first-order chi connectivity index (χ1) is 10.2. The van der Waals surface area contributed by atoms with E-state index in [9.17, 15) is 4.79 Å².